The number of benzene rings is 2. The van der Waals surface area contributed by atoms with E-state index in [1.807, 2.05) is 36.5 Å². The minimum absolute atomic E-state index is 0.0765. The number of aromatic nitrogens is 1. The van der Waals surface area contributed by atoms with Crippen molar-refractivity contribution in [3.05, 3.63) is 71.9 Å². The Morgan fingerprint density at radius 3 is 2.41 bits per heavy atom. The number of aromatic amines is 1. The van der Waals surface area contributed by atoms with Gasteiger partial charge in [-0.1, -0.05) is 48.5 Å². The first-order chi connectivity index (χ1) is 8.36. The molecule has 1 atom stereocenters. The van der Waals surface area contributed by atoms with Gasteiger partial charge in [-0.25, -0.2) is 0 Å². The summed E-state index contributed by atoms with van der Waals surface area (Å²) >= 11 is 0. The second kappa shape index (κ2) is 4.07. The van der Waals surface area contributed by atoms with Gasteiger partial charge < -0.3 is 10.7 Å². The van der Waals surface area contributed by atoms with Gasteiger partial charge in [0.25, 0.3) is 0 Å². The van der Waals surface area contributed by atoms with Gasteiger partial charge >= 0.3 is 0 Å². The summed E-state index contributed by atoms with van der Waals surface area (Å²) in [6, 6.07) is 18.3. The van der Waals surface area contributed by atoms with Gasteiger partial charge in [-0.2, -0.15) is 0 Å². The van der Waals surface area contributed by atoms with Crippen LogP contribution in [-0.2, 0) is 0 Å². The van der Waals surface area contributed by atoms with Gasteiger partial charge in [0, 0.05) is 17.1 Å². The summed E-state index contributed by atoms with van der Waals surface area (Å²) in [7, 11) is 0. The van der Waals surface area contributed by atoms with Crippen LogP contribution in [0.2, 0.25) is 0 Å². The highest BCUT2D eigenvalue weighted by atomic mass is 14.7. The lowest BCUT2D eigenvalue weighted by molar-refractivity contribution is 0.880. The van der Waals surface area contributed by atoms with Crippen molar-refractivity contribution in [3.63, 3.8) is 0 Å². The standard InChI is InChI=1S/C15H14N2/c16-15(11-6-2-1-3-7-11)13-10-17-14-9-5-4-8-12(13)14/h1-10,15,17H,16H2. The molecule has 2 nitrogen and oxygen atoms in total. The van der Waals surface area contributed by atoms with E-state index in [0.717, 1.165) is 16.6 Å². The summed E-state index contributed by atoms with van der Waals surface area (Å²) in [5.41, 5.74) is 9.72. The maximum atomic E-state index is 6.31. The van der Waals surface area contributed by atoms with Gasteiger partial charge in [0.1, 0.15) is 0 Å². The SMILES string of the molecule is NC(c1ccccc1)c1c[nH]c2ccccc12. The molecule has 2 aromatic carbocycles. The van der Waals surface area contributed by atoms with Gasteiger partial charge in [-0.05, 0) is 17.2 Å². The molecule has 0 bridgehead atoms. The summed E-state index contributed by atoms with van der Waals surface area (Å²) in [6.07, 6.45) is 2.00. The summed E-state index contributed by atoms with van der Waals surface area (Å²) in [5, 5.41) is 1.20. The van der Waals surface area contributed by atoms with Crippen LogP contribution in [0.1, 0.15) is 17.2 Å². The van der Waals surface area contributed by atoms with Crippen LogP contribution in [0, 0.1) is 0 Å². The van der Waals surface area contributed by atoms with Crippen LogP contribution in [0.4, 0.5) is 0 Å². The van der Waals surface area contributed by atoms with Crippen LogP contribution in [0.3, 0.4) is 0 Å². The van der Waals surface area contributed by atoms with E-state index in [2.05, 4.69) is 29.2 Å². The van der Waals surface area contributed by atoms with Crippen molar-refractivity contribution in [1.82, 2.24) is 4.98 Å². The van der Waals surface area contributed by atoms with Crippen molar-refractivity contribution < 1.29 is 0 Å². The van der Waals surface area contributed by atoms with Crippen LogP contribution in [0.25, 0.3) is 10.9 Å². The van der Waals surface area contributed by atoms with Gasteiger partial charge in [-0.15, -0.1) is 0 Å². The Kier molecular flexibility index (Phi) is 2.42. The highest BCUT2D eigenvalue weighted by molar-refractivity contribution is 5.84. The molecule has 3 N–H and O–H groups in total. The normalized spacial score (nSPS) is 12.8. The second-order valence-electron chi connectivity index (χ2n) is 4.18. The minimum Gasteiger partial charge on any atom is -0.361 e. The third-order valence-electron chi connectivity index (χ3n) is 3.11. The van der Waals surface area contributed by atoms with Crippen molar-refractivity contribution in [2.45, 2.75) is 6.04 Å². The number of nitrogens with one attached hydrogen (secondary N) is 1. The molecule has 0 aliphatic carbocycles. The summed E-state index contributed by atoms with van der Waals surface area (Å²) < 4.78 is 0. The number of para-hydroxylation sites is 1. The van der Waals surface area contributed by atoms with Crippen LogP contribution in [0.5, 0.6) is 0 Å². The van der Waals surface area contributed by atoms with Gasteiger partial charge in [0.05, 0.1) is 6.04 Å². The third kappa shape index (κ3) is 1.73. The molecule has 1 unspecified atom stereocenters. The second-order valence-corrected chi connectivity index (χ2v) is 4.18. The lowest BCUT2D eigenvalue weighted by Gasteiger charge is -2.10. The molecule has 0 aliphatic heterocycles. The first kappa shape index (κ1) is 10.1. The molecule has 17 heavy (non-hydrogen) atoms. The number of rotatable bonds is 2. The van der Waals surface area contributed by atoms with Crippen molar-refractivity contribution in [3.8, 4) is 0 Å². The molecule has 3 rings (SSSR count). The van der Waals surface area contributed by atoms with Crippen LogP contribution < -0.4 is 5.73 Å². The number of hydrogen-bond donors (Lipinski definition) is 2. The van der Waals surface area contributed by atoms with E-state index in [1.165, 1.54) is 5.39 Å². The summed E-state index contributed by atoms with van der Waals surface area (Å²) in [6.45, 7) is 0. The quantitative estimate of drug-likeness (QED) is 0.686. The van der Waals surface area contributed by atoms with Crippen LogP contribution >= 0.6 is 0 Å². The molecule has 2 heteroatoms. The van der Waals surface area contributed by atoms with E-state index in [1.54, 1.807) is 0 Å². The predicted molar refractivity (Wildman–Crippen MR) is 70.8 cm³/mol. The van der Waals surface area contributed by atoms with E-state index in [-0.39, 0.29) is 6.04 Å². The molecule has 3 aromatic rings. The van der Waals surface area contributed by atoms with Crippen molar-refractivity contribution in [2.24, 2.45) is 5.73 Å². The number of H-pyrrole nitrogens is 1. The van der Waals surface area contributed by atoms with Crippen LogP contribution in [0.15, 0.2) is 60.8 Å². The van der Waals surface area contributed by atoms with Gasteiger partial charge in [0.15, 0.2) is 0 Å². The maximum absolute atomic E-state index is 6.31. The molecule has 0 spiro atoms. The highest BCUT2D eigenvalue weighted by Gasteiger charge is 2.12. The Hall–Kier alpha value is -2.06. The molecule has 0 fully saturated rings. The minimum atomic E-state index is -0.0765. The fraction of sp³-hybridized carbons (Fsp3) is 0.0667. The fourth-order valence-corrected chi connectivity index (χ4v) is 2.19. The zero-order valence-electron chi connectivity index (χ0n) is 9.43. The molecule has 0 saturated heterocycles. The lowest BCUT2D eigenvalue weighted by Crippen LogP contribution is -2.10. The average Bonchev–Trinajstić information content (AvgIpc) is 2.83. The number of fused-ring (bicyclic) bond motifs is 1. The highest BCUT2D eigenvalue weighted by Crippen LogP contribution is 2.26. The molecular formula is C15H14N2. The Morgan fingerprint density at radius 2 is 1.59 bits per heavy atom. The van der Waals surface area contributed by atoms with Crippen molar-refractivity contribution >= 4 is 10.9 Å². The first-order valence-corrected chi connectivity index (χ1v) is 5.73. The molecule has 0 amide bonds. The summed E-state index contributed by atoms with van der Waals surface area (Å²) in [4.78, 5) is 3.26. The zero-order valence-corrected chi connectivity index (χ0v) is 9.43. The maximum Gasteiger partial charge on any atom is 0.0572 e. The molecule has 1 heterocycles. The molecule has 0 aliphatic rings. The van der Waals surface area contributed by atoms with Gasteiger partial charge in [0.2, 0.25) is 0 Å². The molecular weight excluding hydrogens is 208 g/mol. The monoisotopic (exact) mass is 222 g/mol. The molecule has 1 aromatic heterocycles. The van der Waals surface area contributed by atoms with E-state index >= 15 is 0 Å². The smallest absolute Gasteiger partial charge is 0.0572 e. The predicted octanol–water partition coefficient (Wildman–Crippen LogP) is 3.22. The Morgan fingerprint density at radius 1 is 0.882 bits per heavy atom. The molecule has 84 valence electrons. The zero-order chi connectivity index (χ0) is 11.7. The van der Waals surface area contributed by atoms with Crippen molar-refractivity contribution in [2.75, 3.05) is 0 Å². The lowest BCUT2D eigenvalue weighted by atomic mass is 9.99. The number of nitrogens with two attached hydrogens (primary N) is 1. The van der Waals surface area contributed by atoms with Crippen LogP contribution in [-0.4, -0.2) is 4.98 Å². The molecule has 0 radical (unpaired) electrons. The van der Waals surface area contributed by atoms with E-state index in [9.17, 15) is 0 Å². The third-order valence-corrected chi connectivity index (χ3v) is 3.11. The van der Waals surface area contributed by atoms with E-state index in [0.29, 0.717) is 0 Å². The van der Waals surface area contributed by atoms with Crippen molar-refractivity contribution in [1.29, 1.82) is 0 Å². The number of hydrogen-bond acceptors (Lipinski definition) is 1. The van der Waals surface area contributed by atoms with E-state index in [4.69, 9.17) is 5.73 Å². The Balaban J connectivity index is 2.10. The first-order valence-electron chi connectivity index (χ1n) is 5.73. The fourth-order valence-electron chi connectivity index (χ4n) is 2.19. The molecule has 0 saturated carbocycles. The average molecular weight is 222 g/mol. The largest absolute Gasteiger partial charge is 0.361 e. The summed E-state index contributed by atoms with van der Waals surface area (Å²) in [5.74, 6) is 0. The van der Waals surface area contributed by atoms with Gasteiger partial charge in [-0.3, -0.25) is 0 Å². The Labute approximate surface area is 100 Å². The van der Waals surface area contributed by atoms with E-state index < -0.39 is 0 Å². The topological polar surface area (TPSA) is 41.8 Å². The Bertz CT molecular complexity index is 625.